The molecule has 4 aromatic rings. The fourth-order valence-electron chi connectivity index (χ4n) is 9.26. The molecule has 0 radical (unpaired) electrons. The van der Waals surface area contributed by atoms with E-state index in [4.69, 9.17) is 29.9 Å². The Morgan fingerprint density at radius 3 is 2.72 bits per heavy atom. The van der Waals surface area contributed by atoms with Gasteiger partial charge in [-0.15, -0.1) is 11.3 Å². The van der Waals surface area contributed by atoms with Gasteiger partial charge in [-0.1, -0.05) is 0 Å². The number of nitrogen functional groups attached to an aromatic ring is 1. The Kier molecular flexibility index (Phi) is 7.81. The molecule has 9 rings (SSSR count). The molecule has 5 aliphatic heterocycles. The summed E-state index contributed by atoms with van der Waals surface area (Å²) < 4.78 is 65.0. The van der Waals surface area contributed by atoms with Crippen LogP contribution in [0.2, 0.25) is 0 Å². The maximum Gasteiger partial charge on any atom is 0.319 e. The molecule has 0 amide bonds. The number of anilines is 2. The van der Waals surface area contributed by atoms with Crippen LogP contribution in [0.1, 0.15) is 48.8 Å². The highest BCUT2D eigenvalue weighted by molar-refractivity contribution is 7.23. The molecule has 50 heavy (non-hydrogen) atoms. The maximum absolute atomic E-state index is 17.5. The van der Waals surface area contributed by atoms with Gasteiger partial charge in [0.15, 0.2) is 11.6 Å². The van der Waals surface area contributed by atoms with E-state index >= 15 is 8.78 Å². The molecule has 15 heteroatoms. The lowest BCUT2D eigenvalue weighted by molar-refractivity contribution is 0.107. The number of likely N-dealkylation sites (tertiary alicyclic amines) is 1. The minimum absolute atomic E-state index is 0.0238. The number of hydrogen-bond donors (Lipinski definition) is 1. The smallest absolute Gasteiger partial charge is 0.319 e. The fourth-order valence-corrected chi connectivity index (χ4v) is 10.2. The summed E-state index contributed by atoms with van der Waals surface area (Å²) in [5, 5.41) is 10.9. The summed E-state index contributed by atoms with van der Waals surface area (Å²) >= 11 is 0.935. The molecule has 1 aromatic carbocycles. The van der Waals surface area contributed by atoms with Crippen molar-refractivity contribution in [3.05, 3.63) is 34.5 Å². The van der Waals surface area contributed by atoms with E-state index in [2.05, 4.69) is 25.8 Å². The molecule has 0 spiro atoms. The van der Waals surface area contributed by atoms with Crippen LogP contribution in [0, 0.1) is 23.0 Å². The zero-order chi connectivity index (χ0) is 34.3. The van der Waals surface area contributed by atoms with Crippen LogP contribution in [0.15, 0.2) is 6.20 Å². The summed E-state index contributed by atoms with van der Waals surface area (Å²) in [4.78, 5) is 21.0. The van der Waals surface area contributed by atoms with Gasteiger partial charge in [-0.2, -0.15) is 15.2 Å². The van der Waals surface area contributed by atoms with Gasteiger partial charge in [0.2, 0.25) is 0 Å². The average Bonchev–Trinajstić information content (AvgIpc) is 3.91. The predicted molar refractivity (Wildman–Crippen MR) is 182 cm³/mol. The lowest BCUT2D eigenvalue weighted by Gasteiger charge is -2.42. The first kappa shape index (κ1) is 32.1. The van der Waals surface area contributed by atoms with Crippen molar-refractivity contribution in [1.82, 2.24) is 24.8 Å². The number of halogens is 3. The number of piperazine rings is 1. The summed E-state index contributed by atoms with van der Waals surface area (Å²) in [7, 11) is 1.70. The number of pyridine rings is 1. The van der Waals surface area contributed by atoms with E-state index in [9.17, 15) is 9.65 Å². The molecule has 8 heterocycles. The minimum atomic E-state index is -0.927. The van der Waals surface area contributed by atoms with Crippen molar-refractivity contribution < 1.29 is 27.4 Å². The third-order valence-corrected chi connectivity index (χ3v) is 12.5. The number of alkyl halides is 1. The van der Waals surface area contributed by atoms with Crippen molar-refractivity contribution in [2.75, 3.05) is 63.7 Å². The van der Waals surface area contributed by atoms with Crippen LogP contribution >= 0.6 is 11.3 Å². The van der Waals surface area contributed by atoms with Gasteiger partial charge in [-0.05, 0) is 43.4 Å². The zero-order valence-corrected chi connectivity index (χ0v) is 28.5. The van der Waals surface area contributed by atoms with Crippen LogP contribution in [0.5, 0.6) is 6.01 Å². The van der Waals surface area contributed by atoms with Gasteiger partial charge in [0.1, 0.15) is 35.2 Å². The lowest BCUT2D eigenvalue weighted by atomic mass is 9.93. The van der Waals surface area contributed by atoms with Crippen LogP contribution < -0.4 is 15.4 Å². The second kappa shape index (κ2) is 12.2. The van der Waals surface area contributed by atoms with Crippen LogP contribution in [0.25, 0.3) is 32.2 Å². The Bertz CT molecular complexity index is 2060. The van der Waals surface area contributed by atoms with Gasteiger partial charge in [0.25, 0.3) is 0 Å². The lowest BCUT2D eigenvalue weighted by Crippen LogP contribution is -2.54. The fraction of sp³-hybridized carbons (Fsp3) is 0.543. The van der Waals surface area contributed by atoms with Crippen LogP contribution in [0.3, 0.4) is 0 Å². The van der Waals surface area contributed by atoms with Crippen LogP contribution in [-0.2, 0) is 22.7 Å². The third kappa shape index (κ3) is 4.86. The van der Waals surface area contributed by atoms with E-state index in [1.165, 1.54) is 0 Å². The van der Waals surface area contributed by atoms with Crippen molar-refractivity contribution in [3.63, 3.8) is 0 Å². The number of nitriles is 1. The van der Waals surface area contributed by atoms with Gasteiger partial charge in [0.05, 0.1) is 52.9 Å². The Labute approximate surface area is 290 Å². The third-order valence-electron chi connectivity index (χ3n) is 11.4. The number of methoxy groups -OCH3 is 1. The van der Waals surface area contributed by atoms with Crippen molar-refractivity contribution in [2.45, 2.75) is 69.1 Å². The van der Waals surface area contributed by atoms with Crippen molar-refractivity contribution in [3.8, 4) is 23.3 Å². The first-order chi connectivity index (χ1) is 24.3. The van der Waals surface area contributed by atoms with Gasteiger partial charge >= 0.3 is 6.01 Å². The Morgan fingerprint density at radius 1 is 1.14 bits per heavy atom. The van der Waals surface area contributed by atoms with E-state index in [0.29, 0.717) is 36.3 Å². The monoisotopic (exact) mass is 706 g/mol. The molecule has 0 saturated carbocycles. The molecule has 3 aromatic heterocycles. The van der Waals surface area contributed by atoms with E-state index in [1.54, 1.807) is 7.11 Å². The highest BCUT2D eigenvalue weighted by atomic mass is 32.1. The van der Waals surface area contributed by atoms with Crippen molar-refractivity contribution >= 4 is 43.1 Å². The van der Waals surface area contributed by atoms with E-state index in [-0.39, 0.29) is 75.3 Å². The number of nitrogens with zero attached hydrogens (tertiary/aromatic N) is 7. The van der Waals surface area contributed by atoms with Crippen molar-refractivity contribution in [2.24, 2.45) is 0 Å². The van der Waals surface area contributed by atoms with Gasteiger partial charge in [-0.25, -0.2) is 13.2 Å². The first-order valence-corrected chi connectivity index (χ1v) is 18.0. The number of benzene rings is 1. The topological polar surface area (TPSA) is 126 Å². The second-order valence-electron chi connectivity index (χ2n) is 14.2. The zero-order valence-electron chi connectivity index (χ0n) is 27.7. The largest absolute Gasteiger partial charge is 0.461 e. The number of ether oxygens (including phenoxy) is 3. The van der Waals surface area contributed by atoms with Crippen LogP contribution in [0.4, 0.5) is 24.0 Å². The Hall–Kier alpha value is -3.81. The summed E-state index contributed by atoms with van der Waals surface area (Å²) in [5.41, 5.74) is 7.30. The highest BCUT2D eigenvalue weighted by Gasteiger charge is 2.50. The van der Waals surface area contributed by atoms with E-state index in [0.717, 1.165) is 75.0 Å². The molecule has 2 unspecified atom stereocenters. The van der Waals surface area contributed by atoms with Gasteiger partial charge in [-0.3, -0.25) is 14.8 Å². The summed E-state index contributed by atoms with van der Waals surface area (Å²) in [6, 6.07) is 2.36. The van der Waals surface area contributed by atoms with E-state index < -0.39 is 23.3 Å². The maximum atomic E-state index is 17.5. The molecule has 262 valence electrons. The Balaban J connectivity index is 1.23. The van der Waals surface area contributed by atoms with Gasteiger partial charge < -0.3 is 24.8 Å². The quantitative estimate of drug-likeness (QED) is 0.268. The minimum Gasteiger partial charge on any atom is -0.461 e. The summed E-state index contributed by atoms with van der Waals surface area (Å²) in [5.74, 6) is -0.719. The molecular weight excluding hydrogens is 669 g/mol. The van der Waals surface area contributed by atoms with Crippen molar-refractivity contribution in [1.29, 1.82) is 5.26 Å². The number of aromatic nitrogens is 3. The average molecular weight is 707 g/mol. The Morgan fingerprint density at radius 2 is 1.94 bits per heavy atom. The summed E-state index contributed by atoms with van der Waals surface area (Å²) in [6.45, 7) is 4.75. The predicted octanol–water partition coefficient (Wildman–Crippen LogP) is 4.92. The standard InChI is InChI=1S/C35H37F3N8O3S/c1-47-8-7-44-13-19-3-4-20(14-44)46(19)33-27-23-16-48-15-22(23)25(29-26-21(10-39)32(40)50-31(26)24(37)11-41-29)28(38)30(27)42-34(43-33)49-17-35-5-2-6-45(35)12-18(36)9-35/h11,18-20H,2-9,12-17,40H2,1H3/t18-,19?,20?,35-/m0/s1. The number of fused-ring (bicyclic) bond motifs is 7. The molecular formula is C35H37F3N8O3S. The molecule has 2 bridgehead atoms. The summed E-state index contributed by atoms with van der Waals surface area (Å²) in [6.07, 6.45) is 4.16. The number of rotatable bonds is 8. The molecule has 5 aliphatic rings. The first-order valence-electron chi connectivity index (χ1n) is 17.2. The van der Waals surface area contributed by atoms with Crippen LogP contribution in [-0.4, -0.2) is 102 Å². The molecule has 4 saturated heterocycles. The SMILES string of the molecule is COCCN1CC2CCC(C1)N2c1nc(OC[C@@]23CCCN2C[C@@H](F)C3)nc2c(F)c(-c3ncc(F)c4sc(N)c(C#N)c34)c3c(c12)COC3. The number of thiophene rings is 1. The molecule has 11 nitrogen and oxygen atoms in total. The van der Waals surface area contributed by atoms with E-state index in [1.807, 2.05) is 0 Å². The highest BCUT2D eigenvalue weighted by Crippen LogP contribution is 2.48. The molecule has 0 aliphatic carbocycles. The van der Waals surface area contributed by atoms with Gasteiger partial charge in [0, 0.05) is 62.7 Å². The normalized spacial score (nSPS) is 26.3. The molecule has 4 atom stereocenters. The molecule has 4 fully saturated rings. The number of hydrogen-bond acceptors (Lipinski definition) is 12. The molecule has 2 N–H and O–H groups in total. The number of nitrogens with two attached hydrogens (primary N) is 1. The second-order valence-corrected chi connectivity index (χ2v) is 15.3.